The summed E-state index contributed by atoms with van der Waals surface area (Å²) in [5, 5.41) is 10.0. The normalized spacial score (nSPS) is 11.6. The Labute approximate surface area is 174 Å². The lowest BCUT2D eigenvalue weighted by atomic mass is 10.2. The van der Waals surface area contributed by atoms with Crippen LogP contribution in [0.3, 0.4) is 0 Å². The summed E-state index contributed by atoms with van der Waals surface area (Å²) < 4.78 is 27.5. The molecule has 0 aliphatic carbocycles. The number of nitrogens with one attached hydrogen (secondary N) is 1. The molecule has 2 aromatic carbocycles. The van der Waals surface area contributed by atoms with Crippen LogP contribution < -0.4 is 4.72 Å². The minimum Gasteiger partial charge on any atom is -0.298 e. The number of rotatable bonds is 9. The van der Waals surface area contributed by atoms with Gasteiger partial charge in [-0.2, -0.15) is 0 Å². The van der Waals surface area contributed by atoms with Crippen molar-refractivity contribution < 1.29 is 8.42 Å². The van der Waals surface area contributed by atoms with Crippen molar-refractivity contribution in [2.75, 3.05) is 18.6 Å². The van der Waals surface area contributed by atoms with E-state index in [1.807, 2.05) is 59.2 Å². The molecule has 0 spiro atoms. The Kier molecular flexibility index (Phi) is 7.12. The molecular formula is C19H21ClN4O2S2. The van der Waals surface area contributed by atoms with Gasteiger partial charge in [0.25, 0.3) is 0 Å². The average molecular weight is 437 g/mol. The summed E-state index contributed by atoms with van der Waals surface area (Å²) in [5.74, 6) is 1.40. The number of thioether (sulfide) groups is 1. The highest BCUT2D eigenvalue weighted by Crippen LogP contribution is 2.30. The first-order valence-corrected chi connectivity index (χ1v) is 11.8. The molecule has 28 heavy (non-hydrogen) atoms. The molecule has 6 nitrogen and oxygen atoms in total. The van der Waals surface area contributed by atoms with Crippen LogP contribution in [0.25, 0.3) is 11.4 Å². The topological polar surface area (TPSA) is 76.9 Å². The Morgan fingerprint density at radius 2 is 1.79 bits per heavy atom. The largest absolute Gasteiger partial charge is 0.298 e. The van der Waals surface area contributed by atoms with Gasteiger partial charge in [-0.15, -0.1) is 10.2 Å². The molecule has 0 unspecified atom stereocenters. The van der Waals surface area contributed by atoms with Crippen molar-refractivity contribution >= 4 is 33.4 Å². The zero-order valence-corrected chi connectivity index (χ0v) is 17.8. The summed E-state index contributed by atoms with van der Waals surface area (Å²) in [7, 11) is -1.77. The van der Waals surface area contributed by atoms with E-state index in [4.69, 9.17) is 11.6 Å². The maximum absolute atomic E-state index is 11.6. The van der Waals surface area contributed by atoms with E-state index in [1.165, 1.54) is 18.8 Å². The Morgan fingerprint density at radius 1 is 1.07 bits per heavy atom. The van der Waals surface area contributed by atoms with Gasteiger partial charge in [0.2, 0.25) is 10.0 Å². The van der Waals surface area contributed by atoms with E-state index in [-0.39, 0.29) is 5.75 Å². The Hall–Kier alpha value is -1.87. The van der Waals surface area contributed by atoms with Crippen LogP contribution in [-0.4, -0.2) is 41.7 Å². The zero-order valence-electron chi connectivity index (χ0n) is 15.4. The summed E-state index contributed by atoms with van der Waals surface area (Å²) in [6, 6.07) is 17.6. The Balaban J connectivity index is 1.84. The molecule has 0 radical (unpaired) electrons. The van der Waals surface area contributed by atoms with Crippen molar-refractivity contribution in [1.29, 1.82) is 0 Å². The maximum atomic E-state index is 11.6. The molecule has 0 saturated heterocycles. The van der Waals surface area contributed by atoms with Crippen molar-refractivity contribution in [1.82, 2.24) is 19.5 Å². The minimum atomic E-state index is -3.20. The third kappa shape index (κ3) is 5.35. The standard InChI is InChI=1S/C19H21ClN4O2S2/c1-21-28(25,26)13-7-12-27-19-23-22-18(16-10-5-6-11-17(16)20)24(19)14-15-8-3-2-4-9-15/h2-6,8-11,21H,7,12-14H2,1H3. The number of sulfonamides is 1. The molecule has 0 amide bonds. The van der Waals surface area contributed by atoms with E-state index >= 15 is 0 Å². The highest BCUT2D eigenvalue weighted by molar-refractivity contribution is 7.99. The molecule has 148 valence electrons. The quantitative estimate of drug-likeness (QED) is 0.409. The number of nitrogens with zero attached hydrogens (tertiary/aromatic N) is 3. The third-order valence-corrected chi connectivity index (χ3v) is 6.95. The predicted molar refractivity (Wildman–Crippen MR) is 114 cm³/mol. The van der Waals surface area contributed by atoms with Gasteiger partial charge in [-0.3, -0.25) is 4.57 Å². The van der Waals surface area contributed by atoms with Gasteiger partial charge in [0.15, 0.2) is 11.0 Å². The average Bonchev–Trinajstić information content (AvgIpc) is 3.09. The summed E-state index contributed by atoms with van der Waals surface area (Å²) in [6.07, 6.45) is 0.521. The van der Waals surface area contributed by atoms with Crippen LogP contribution in [0.5, 0.6) is 0 Å². The molecule has 3 aromatic rings. The fourth-order valence-electron chi connectivity index (χ4n) is 2.66. The van der Waals surface area contributed by atoms with Crippen molar-refractivity contribution in [3.05, 3.63) is 65.2 Å². The van der Waals surface area contributed by atoms with E-state index in [1.54, 1.807) is 0 Å². The number of hydrogen-bond acceptors (Lipinski definition) is 5. The van der Waals surface area contributed by atoms with Crippen LogP contribution in [0.2, 0.25) is 5.02 Å². The van der Waals surface area contributed by atoms with Gasteiger partial charge >= 0.3 is 0 Å². The first kappa shape index (κ1) is 20.9. The molecule has 1 aromatic heterocycles. The van der Waals surface area contributed by atoms with Crippen molar-refractivity contribution in [2.45, 2.75) is 18.1 Å². The second-order valence-corrected chi connectivity index (χ2v) is 9.60. The van der Waals surface area contributed by atoms with Gasteiger partial charge in [0.05, 0.1) is 17.3 Å². The predicted octanol–water partition coefficient (Wildman–Crippen LogP) is 3.68. The van der Waals surface area contributed by atoms with Crippen LogP contribution in [-0.2, 0) is 16.6 Å². The molecule has 0 fully saturated rings. The van der Waals surface area contributed by atoms with E-state index < -0.39 is 10.0 Å². The Morgan fingerprint density at radius 3 is 2.50 bits per heavy atom. The first-order chi connectivity index (χ1) is 13.5. The van der Waals surface area contributed by atoms with E-state index in [9.17, 15) is 8.42 Å². The monoisotopic (exact) mass is 436 g/mol. The second-order valence-electron chi connectivity index (χ2n) is 6.08. The summed E-state index contributed by atoms with van der Waals surface area (Å²) in [6.45, 7) is 0.603. The second kappa shape index (κ2) is 9.56. The molecule has 0 saturated carbocycles. The molecule has 9 heteroatoms. The van der Waals surface area contributed by atoms with E-state index in [2.05, 4.69) is 14.9 Å². The number of halogens is 1. The van der Waals surface area contributed by atoms with Gasteiger partial charge in [0, 0.05) is 11.3 Å². The van der Waals surface area contributed by atoms with Crippen LogP contribution in [0, 0.1) is 0 Å². The lowest BCUT2D eigenvalue weighted by Crippen LogP contribution is -2.22. The molecule has 3 rings (SSSR count). The van der Waals surface area contributed by atoms with Gasteiger partial charge in [-0.05, 0) is 31.2 Å². The highest BCUT2D eigenvalue weighted by atomic mass is 35.5. The third-order valence-electron chi connectivity index (χ3n) is 4.11. The van der Waals surface area contributed by atoms with Crippen LogP contribution in [0.15, 0.2) is 59.8 Å². The highest BCUT2D eigenvalue weighted by Gasteiger charge is 2.17. The molecule has 1 N–H and O–H groups in total. The number of hydrogen-bond donors (Lipinski definition) is 1. The fourth-order valence-corrected chi connectivity index (χ4v) is 4.67. The molecule has 1 heterocycles. The SMILES string of the molecule is CNS(=O)(=O)CCCSc1nnc(-c2ccccc2Cl)n1Cc1ccccc1. The van der Waals surface area contributed by atoms with Gasteiger partial charge in [-0.1, -0.05) is 65.8 Å². The summed E-state index contributed by atoms with van der Waals surface area (Å²) in [5.41, 5.74) is 1.94. The first-order valence-electron chi connectivity index (χ1n) is 8.76. The van der Waals surface area contributed by atoms with Crippen molar-refractivity contribution in [3.63, 3.8) is 0 Å². The van der Waals surface area contributed by atoms with Crippen LogP contribution in [0.1, 0.15) is 12.0 Å². The van der Waals surface area contributed by atoms with Crippen molar-refractivity contribution in [3.8, 4) is 11.4 Å². The number of benzene rings is 2. The Bertz CT molecular complexity index is 1020. The molecule has 0 bridgehead atoms. The van der Waals surface area contributed by atoms with Gasteiger partial charge in [0.1, 0.15) is 0 Å². The minimum absolute atomic E-state index is 0.0840. The fraction of sp³-hybridized carbons (Fsp3) is 0.263. The van der Waals surface area contributed by atoms with Gasteiger partial charge in [-0.25, -0.2) is 13.1 Å². The maximum Gasteiger partial charge on any atom is 0.211 e. The molecular weight excluding hydrogens is 416 g/mol. The molecule has 0 aliphatic rings. The number of aromatic nitrogens is 3. The zero-order chi connectivity index (χ0) is 20.0. The van der Waals surface area contributed by atoms with Crippen LogP contribution in [0.4, 0.5) is 0 Å². The molecule has 0 aliphatic heterocycles. The lowest BCUT2D eigenvalue weighted by Gasteiger charge is -2.11. The van der Waals surface area contributed by atoms with Crippen molar-refractivity contribution in [2.24, 2.45) is 0 Å². The molecule has 0 atom stereocenters. The van der Waals surface area contributed by atoms with Gasteiger partial charge < -0.3 is 0 Å². The lowest BCUT2D eigenvalue weighted by molar-refractivity contribution is 0.587. The van der Waals surface area contributed by atoms with Crippen LogP contribution >= 0.6 is 23.4 Å². The van der Waals surface area contributed by atoms with E-state index in [0.717, 1.165) is 16.3 Å². The summed E-state index contributed by atoms with van der Waals surface area (Å²) >= 11 is 7.87. The van der Waals surface area contributed by atoms with E-state index in [0.29, 0.717) is 29.6 Å². The summed E-state index contributed by atoms with van der Waals surface area (Å²) in [4.78, 5) is 0. The smallest absolute Gasteiger partial charge is 0.211 e.